The van der Waals surface area contributed by atoms with E-state index in [0.29, 0.717) is 11.5 Å². The number of amides is 1. The molecule has 28 heavy (non-hydrogen) atoms. The van der Waals surface area contributed by atoms with Crippen LogP contribution in [0, 0.1) is 20.8 Å². The molecule has 6 heteroatoms. The van der Waals surface area contributed by atoms with E-state index in [9.17, 15) is 9.59 Å². The highest BCUT2D eigenvalue weighted by Crippen LogP contribution is 2.28. The Morgan fingerprint density at radius 2 is 1.61 bits per heavy atom. The van der Waals surface area contributed by atoms with Gasteiger partial charge in [-0.15, -0.1) is 0 Å². The first-order valence-electron chi connectivity index (χ1n) is 8.78. The van der Waals surface area contributed by atoms with Crippen molar-refractivity contribution in [3.8, 4) is 11.5 Å². The largest absolute Gasteiger partial charge is 0.493 e. The van der Waals surface area contributed by atoms with Gasteiger partial charge in [0.05, 0.1) is 14.2 Å². The molecule has 0 aliphatic carbocycles. The molecule has 0 unspecified atom stereocenters. The first-order chi connectivity index (χ1) is 13.3. The topological polar surface area (TPSA) is 73.9 Å². The Morgan fingerprint density at radius 3 is 2.21 bits per heavy atom. The Hall–Kier alpha value is -3.28. The van der Waals surface area contributed by atoms with E-state index in [-0.39, 0.29) is 12.5 Å². The molecule has 0 aliphatic heterocycles. The molecular formula is C22H25NO5. The quantitative estimate of drug-likeness (QED) is 0.581. The number of nitrogens with one attached hydrogen (secondary N) is 1. The van der Waals surface area contributed by atoms with Gasteiger partial charge >= 0.3 is 5.97 Å². The molecule has 148 valence electrons. The number of benzene rings is 2. The highest BCUT2D eigenvalue weighted by Gasteiger charge is 2.10. The molecular weight excluding hydrogens is 358 g/mol. The molecule has 2 rings (SSSR count). The lowest BCUT2D eigenvalue weighted by molar-refractivity contribution is -0.142. The predicted molar refractivity (Wildman–Crippen MR) is 109 cm³/mol. The van der Waals surface area contributed by atoms with Crippen molar-refractivity contribution in [3.05, 3.63) is 58.7 Å². The van der Waals surface area contributed by atoms with E-state index in [4.69, 9.17) is 14.2 Å². The van der Waals surface area contributed by atoms with E-state index < -0.39 is 5.97 Å². The fourth-order valence-electron chi connectivity index (χ4n) is 2.86. The fourth-order valence-corrected chi connectivity index (χ4v) is 2.86. The molecule has 0 aromatic heterocycles. The van der Waals surface area contributed by atoms with Gasteiger partial charge in [0.25, 0.3) is 5.91 Å². The molecule has 2 aromatic rings. The number of anilines is 1. The molecule has 0 heterocycles. The van der Waals surface area contributed by atoms with Crippen molar-refractivity contribution in [2.75, 3.05) is 26.1 Å². The Morgan fingerprint density at radius 1 is 0.964 bits per heavy atom. The third kappa shape index (κ3) is 5.61. The van der Waals surface area contributed by atoms with Gasteiger partial charge in [-0.25, -0.2) is 4.79 Å². The van der Waals surface area contributed by atoms with Gasteiger partial charge in [-0.1, -0.05) is 23.8 Å². The third-order valence-corrected chi connectivity index (χ3v) is 4.11. The van der Waals surface area contributed by atoms with Gasteiger partial charge in [0.15, 0.2) is 18.1 Å². The Balaban J connectivity index is 1.92. The van der Waals surface area contributed by atoms with E-state index in [1.807, 2.05) is 32.9 Å². The van der Waals surface area contributed by atoms with Crippen LogP contribution in [0.2, 0.25) is 0 Å². The van der Waals surface area contributed by atoms with Crippen LogP contribution >= 0.6 is 0 Å². The second-order valence-electron chi connectivity index (χ2n) is 6.38. The number of esters is 1. The number of hydrogen-bond acceptors (Lipinski definition) is 5. The summed E-state index contributed by atoms with van der Waals surface area (Å²) in [6.45, 7) is 5.49. The number of methoxy groups -OCH3 is 2. The molecule has 0 fully saturated rings. The van der Waals surface area contributed by atoms with Gasteiger partial charge in [0, 0.05) is 11.8 Å². The first kappa shape index (κ1) is 21.0. The number of aryl methyl sites for hydroxylation is 3. The number of rotatable bonds is 7. The van der Waals surface area contributed by atoms with Crippen LogP contribution < -0.4 is 14.8 Å². The lowest BCUT2D eigenvalue weighted by atomic mass is 10.1. The maximum atomic E-state index is 12.1. The zero-order chi connectivity index (χ0) is 20.7. The highest BCUT2D eigenvalue weighted by molar-refractivity contribution is 5.95. The zero-order valence-corrected chi connectivity index (χ0v) is 16.8. The summed E-state index contributed by atoms with van der Waals surface area (Å²) >= 11 is 0. The van der Waals surface area contributed by atoms with Crippen molar-refractivity contribution >= 4 is 23.6 Å². The lowest BCUT2D eigenvalue weighted by Gasteiger charge is -2.12. The van der Waals surface area contributed by atoms with E-state index in [1.165, 1.54) is 13.2 Å². The standard InChI is InChI=1S/C22H25NO5/c1-14-10-15(2)22(16(3)11-14)23-20(24)13-28-21(25)9-7-17-6-8-18(26-4)19(12-17)27-5/h6-12H,13H2,1-5H3,(H,23,24). The summed E-state index contributed by atoms with van der Waals surface area (Å²) in [5.74, 6) is 0.159. The van der Waals surface area contributed by atoms with Crippen molar-refractivity contribution in [1.82, 2.24) is 0 Å². The summed E-state index contributed by atoms with van der Waals surface area (Å²) in [5.41, 5.74) is 4.54. The second kappa shape index (κ2) is 9.60. The van der Waals surface area contributed by atoms with Crippen LogP contribution in [0.4, 0.5) is 5.69 Å². The minimum absolute atomic E-state index is 0.359. The van der Waals surface area contributed by atoms with Gasteiger partial charge in [-0.3, -0.25) is 4.79 Å². The Bertz CT molecular complexity index is 879. The van der Waals surface area contributed by atoms with Crippen molar-refractivity contribution in [2.45, 2.75) is 20.8 Å². The number of carbonyl (C=O) groups is 2. The van der Waals surface area contributed by atoms with Crippen LogP contribution in [0.1, 0.15) is 22.3 Å². The molecule has 6 nitrogen and oxygen atoms in total. The zero-order valence-electron chi connectivity index (χ0n) is 16.8. The van der Waals surface area contributed by atoms with Crippen molar-refractivity contribution in [2.24, 2.45) is 0 Å². The molecule has 0 saturated carbocycles. The van der Waals surface area contributed by atoms with Gasteiger partial charge in [-0.2, -0.15) is 0 Å². The van der Waals surface area contributed by atoms with Gasteiger partial charge < -0.3 is 19.5 Å². The van der Waals surface area contributed by atoms with Crippen LogP contribution in [0.3, 0.4) is 0 Å². The normalized spacial score (nSPS) is 10.6. The van der Waals surface area contributed by atoms with E-state index in [2.05, 4.69) is 5.32 Å². The van der Waals surface area contributed by atoms with Crippen LogP contribution in [0.15, 0.2) is 36.4 Å². The monoisotopic (exact) mass is 383 g/mol. The predicted octanol–water partition coefficient (Wildman–Crippen LogP) is 3.82. The fraction of sp³-hybridized carbons (Fsp3) is 0.273. The van der Waals surface area contributed by atoms with Gasteiger partial charge in [-0.05, 0) is 55.7 Å². The van der Waals surface area contributed by atoms with Gasteiger partial charge in [0.1, 0.15) is 0 Å². The summed E-state index contributed by atoms with van der Waals surface area (Å²) in [6.07, 6.45) is 2.84. The van der Waals surface area contributed by atoms with Gasteiger partial charge in [0.2, 0.25) is 0 Å². The highest BCUT2D eigenvalue weighted by atomic mass is 16.5. The molecule has 0 radical (unpaired) electrons. The van der Waals surface area contributed by atoms with Crippen LogP contribution in [0.25, 0.3) is 6.08 Å². The molecule has 0 aliphatic rings. The third-order valence-electron chi connectivity index (χ3n) is 4.11. The minimum Gasteiger partial charge on any atom is -0.493 e. The summed E-state index contributed by atoms with van der Waals surface area (Å²) in [4.78, 5) is 24.0. The average molecular weight is 383 g/mol. The summed E-state index contributed by atoms with van der Waals surface area (Å²) in [5, 5.41) is 2.79. The smallest absolute Gasteiger partial charge is 0.331 e. The van der Waals surface area contributed by atoms with Crippen LogP contribution in [0.5, 0.6) is 11.5 Å². The number of hydrogen-bond donors (Lipinski definition) is 1. The number of ether oxygens (including phenoxy) is 3. The van der Waals surface area contributed by atoms with Crippen LogP contribution in [-0.2, 0) is 14.3 Å². The Labute approximate surface area is 165 Å². The molecule has 0 bridgehead atoms. The summed E-state index contributed by atoms with van der Waals surface area (Å²) < 4.78 is 15.4. The second-order valence-corrected chi connectivity index (χ2v) is 6.38. The first-order valence-corrected chi connectivity index (χ1v) is 8.78. The minimum atomic E-state index is -0.609. The molecule has 0 spiro atoms. The molecule has 0 saturated heterocycles. The molecule has 1 amide bonds. The van der Waals surface area contributed by atoms with Crippen molar-refractivity contribution < 1.29 is 23.8 Å². The average Bonchev–Trinajstić information content (AvgIpc) is 2.67. The van der Waals surface area contributed by atoms with E-state index in [0.717, 1.165) is 27.9 Å². The SMILES string of the molecule is COc1ccc(C=CC(=O)OCC(=O)Nc2c(C)cc(C)cc2C)cc1OC. The Kier molecular flexibility index (Phi) is 7.21. The molecule has 1 N–H and O–H groups in total. The van der Waals surface area contributed by atoms with E-state index >= 15 is 0 Å². The molecule has 2 aromatic carbocycles. The lowest BCUT2D eigenvalue weighted by Crippen LogP contribution is -2.21. The maximum Gasteiger partial charge on any atom is 0.331 e. The van der Waals surface area contributed by atoms with E-state index in [1.54, 1.807) is 31.4 Å². The van der Waals surface area contributed by atoms with Crippen molar-refractivity contribution in [1.29, 1.82) is 0 Å². The number of carbonyl (C=O) groups excluding carboxylic acids is 2. The summed E-state index contributed by atoms with van der Waals surface area (Å²) in [6, 6.07) is 9.23. The van der Waals surface area contributed by atoms with Crippen LogP contribution in [-0.4, -0.2) is 32.7 Å². The molecule has 0 atom stereocenters. The summed E-state index contributed by atoms with van der Waals surface area (Å²) in [7, 11) is 3.09. The van der Waals surface area contributed by atoms with Crippen molar-refractivity contribution in [3.63, 3.8) is 0 Å². The maximum absolute atomic E-state index is 12.1.